The van der Waals surface area contributed by atoms with Crippen LogP contribution in [0.1, 0.15) is 23.5 Å². The fourth-order valence-corrected chi connectivity index (χ4v) is 2.77. The minimum absolute atomic E-state index is 0.158. The van der Waals surface area contributed by atoms with Gasteiger partial charge in [0.05, 0.1) is 6.10 Å². The van der Waals surface area contributed by atoms with E-state index in [1.165, 1.54) is 11.1 Å². The summed E-state index contributed by atoms with van der Waals surface area (Å²) in [6.45, 7) is 0. The van der Waals surface area contributed by atoms with Crippen LogP contribution in [-0.4, -0.2) is 11.2 Å². The first-order chi connectivity index (χ1) is 6.86. The van der Waals surface area contributed by atoms with Gasteiger partial charge in [-0.3, -0.25) is 0 Å². The van der Waals surface area contributed by atoms with E-state index in [4.69, 9.17) is 0 Å². The second-order valence-corrected chi connectivity index (χ2v) is 4.34. The number of fused-ring (bicyclic) bond motifs is 4. The Bertz CT molecular complexity index is 381. The van der Waals surface area contributed by atoms with Crippen LogP contribution in [0.2, 0.25) is 0 Å². The van der Waals surface area contributed by atoms with E-state index in [1.54, 1.807) is 0 Å². The molecule has 1 nitrogen and oxygen atoms in total. The molecule has 1 N–H and O–H groups in total. The molecule has 1 aromatic carbocycles. The predicted molar refractivity (Wildman–Crippen MR) is 56.1 cm³/mol. The van der Waals surface area contributed by atoms with Crippen molar-refractivity contribution in [3.63, 3.8) is 0 Å². The topological polar surface area (TPSA) is 20.2 Å². The lowest BCUT2D eigenvalue weighted by molar-refractivity contribution is 0.0802. The minimum Gasteiger partial charge on any atom is -0.392 e. The molecule has 0 fully saturated rings. The van der Waals surface area contributed by atoms with Gasteiger partial charge in [0, 0.05) is 5.92 Å². The third-order valence-electron chi connectivity index (χ3n) is 3.53. The average molecular weight is 186 g/mol. The zero-order valence-electron chi connectivity index (χ0n) is 8.06. The van der Waals surface area contributed by atoms with Gasteiger partial charge in [-0.05, 0) is 29.9 Å². The van der Waals surface area contributed by atoms with E-state index in [9.17, 15) is 5.11 Å². The van der Waals surface area contributed by atoms with Gasteiger partial charge in [-0.2, -0.15) is 0 Å². The van der Waals surface area contributed by atoms with E-state index in [2.05, 4.69) is 36.4 Å². The summed E-state index contributed by atoms with van der Waals surface area (Å²) in [4.78, 5) is 0. The summed E-state index contributed by atoms with van der Waals surface area (Å²) in [6, 6.07) is 8.50. The van der Waals surface area contributed by atoms with Gasteiger partial charge in [-0.15, -0.1) is 0 Å². The summed E-state index contributed by atoms with van der Waals surface area (Å²) in [5, 5.41) is 10.1. The van der Waals surface area contributed by atoms with Gasteiger partial charge in [0.2, 0.25) is 0 Å². The van der Waals surface area contributed by atoms with Gasteiger partial charge >= 0.3 is 0 Å². The van der Waals surface area contributed by atoms with Crippen molar-refractivity contribution in [3.8, 4) is 0 Å². The van der Waals surface area contributed by atoms with Crippen LogP contribution in [0.3, 0.4) is 0 Å². The van der Waals surface area contributed by atoms with Crippen molar-refractivity contribution in [2.75, 3.05) is 0 Å². The highest BCUT2D eigenvalue weighted by Gasteiger charge is 2.35. The van der Waals surface area contributed by atoms with Crippen molar-refractivity contribution in [3.05, 3.63) is 47.5 Å². The minimum atomic E-state index is -0.158. The quantitative estimate of drug-likeness (QED) is 0.616. The highest BCUT2D eigenvalue weighted by molar-refractivity contribution is 5.38. The predicted octanol–water partition coefficient (Wildman–Crippen LogP) is 2.26. The molecule has 0 spiro atoms. The number of rotatable bonds is 0. The molecule has 3 atom stereocenters. The summed E-state index contributed by atoms with van der Waals surface area (Å²) in [7, 11) is 0. The van der Waals surface area contributed by atoms with Gasteiger partial charge in [0.15, 0.2) is 0 Å². The molecule has 0 heterocycles. The Balaban J connectivity index is 2.14. The summed E-state index contributed by atoms with van der Waals surface area (Å²) < 4.78 is 0. The standard InChI is InChI=1S/C13H14O/c14-13-10-5-3-7-12(13)11-6-2-1-4-9(11)8-10/h1-4,6-7,10,12-14H,5,8H2. The Kier molecular flexibility index (Phi) is 1.74. The average Bonchev–Trinajstić information content (AvgIpc) is 2.18. The highest BCUT2D eigenvalue weighted by Crippen LogP contribution is 2.40. The van der Waals surface area contributed by atoms with Crippen LogP contribution < -0.4 is 0 Å². The van der Waals surface area contributed by atoms with Gasteiger partial charge in [-0.1, -0.05) is 36.4 Å². The van der Waals surface area contributed by atoms with E-state index in [-0.39, 0.29) is 12.0 Å². The van der Waals surface area contributed by atoms with Crippen molar-refractivity contribution in [1.29, 1.82) is 0 Å². The van der Waals surface area contributed by atoms with Crippen molar-refractivity contribution in [2.45, 2.75) is 24.9 Å². The van der Waals surface area contributed by atoms with Gasteiger partial charge in [-0.25, -0.2) is 0 Å². The normalized spacial score (nSPS) is 33.9. The molecule has 2 aliphatic rings. The molecule has 0 amide bonds. The molecule has 72 valence electrons. The van der Waals surface area contributed by atoms with Crippen LogP contribution in [0.4, 0.5) is 0 Å². The van der Waals surface area contributed by atoms with Crippen molar-refractivity contribution < 1.29 is 5.11 Å². The number of allylic oxidation sites excluding steroid dienone is 1. The molecular formula is C13H14O. The molecule has 2 bridgehead atoms. The van der Waals surface area contributed by atoms with Crippen LogP contribution in [0.15, 0.2) is 36.4 Å². The van der Waals surface area contributed by atoms with E-state index < -0.39 is 0 Å². The number of aliphatic hydroxyl groups is 1. The Morgan fingerprint density at radius 2 is 2.07 bits per heavy atom. The Morgan fingerprint density at radius 3 is 3.00 bits per heavy atom. The number of aliphatic hydroxyl groups excluding tert-OH is 1. The summed E-state index contributed by atoms with van der Waals surface area (Å²) in [6.07, 6.45) is 6.30. The summed E-state index contributed by atoms with van der Waals surface area (Å²) in [5.74, 6) is 0.693. The van der Waals surface area contributed by atoms with Crippen molar-refractivity contribution in [2.24, 2.45) is 5.92 Å². The molecule has 2 aliphatic carbocycles. The Labute approximate surface area is 84.1 Å². The zero-order chi connectivity index (χ0) is 9.54. The molecule has 0 aromatic heterocycles. The van der Waals surface area contributed by atoms with Crippen LogP contribution in [-0.2, 0) is 6.42 Å². The first-order valence-electron chi connectivity index (χ1n) is 5.29. The SMILES string of the molecule is OC1C2CC=CC1c1ccccc1C2. The maximum atomic E-state index is 10.1. The third-order valence-corrected chi connectivity index (χ3v) is 3.53. The number of hydrogen-bond donors (Lipinski definition) is 1. The molecule has 14 heavy (non-hydrogen) atoms. The van der Waals surface area contributed by atoms with Gasteiger partial charge < -0.3 is 5.11 Å². The van der Waals surface area contributed by atoms with Gasteiger partial charge in [0.25, 0.3) is 0 Å². The van der Waals surface area contributed by atoms with E-state index in [1.807, 2.05) is 0 Å². The van der Waals surface area contributed by atoms with Crippen LogP contribution in [0.25, 0.3) is 0 Å². The lowest BCUT2D eigenvalue weighted by Crippen LogP contribution is -2.35. The first kappa shape index (κ1) is 8.25. The van der Waals surface area contributed by atoms with Crippen LogP contribution in [0.5, 0.6) is 0 Å². The molecule has 1 aromatic rings. The third kappa shape index (κ3) is 1.05. The second-order valence-electron chi connectivity index (χ2n) is 4.34. The van der Waals surface area contributed by atoms with Crippen LogP contribution >= 0.6 is 0 Å². The molecule has 3 rings (SSSR count). The monoisotopic (exact) mass is 186 g/mol. The Hall–Kier alpha value is -1.08. The molecule has 0 aliphatic heterocycles. The molecule has 0 saturated heterocycles. The van der Waals surface area contributed by atoms with E-state index in [0.717, 1.165) is 12.8 Å². The van der Waals surface area contributed by atoms with Crippen molar-refractivity contribution >= 4 is 0 Å². The highest BCUT2D eigenvalue weighted by atomic mass is 16.3. The second kappa shape index (κ2) is 2.96. The van der Waals surface area contributed by atoms with Gasteiger partial charge in [0.1, 0.15) is 0 Å². The maximum absolute atomic E-state index is 10.1. The van der Waals surface area contributed by atoms with E-state index in [0.29, 0.717) is 5.92 Å². The lowest BCUT2D eigenvalue weighted by Gasteiger charge is -2.37. The zero-order valence-corrected chi connectivity index (χ0v) is 8.06. The smallest absolute Gasteiger partial charge is 0.0677 e. The number of benzene rings is 1. The van der Waals surface area contributed by atoms with Crippen molar-refractivity contribution in [1.82, 2.24) is 0 Å². The molecular weight excluding hydrogens is 172 g/mol. The number of hydrogen-bond acceptors (Lipinski definition) is 1. The summed E-state index contributed by atoms with van der Waals surface area (Å²) >= 11 is 0. The lowest BCUT2D eigenvalue weighted by atomic mass is 9.70. The van der Waals surface area contributed by atoms with E-state index >= 15 is 0 Å². The first-order valence-corrected chi connectivity index (χ1v) is 5.29. The maximum Gasteiger partial charge on any atom is 0.0677 e. The Morgan fingerprint density at radius 1 is 1.21 bits per heavy atom. The molecule has 0 saturated carbocycles. The largest absolute Gasteiger partial charge is 0.392 e. The molecule has 0 radical (unpaired) electrons. The molecule has 1 heteroatoms. The fraction of sp³-hybridized carbons (Fsp3) is 0.385. The summed E-state index contributed by atoms with van der Waals surface area (Å²) in [5.41, 5.74) is 2.75. The molecule has 3 unspecified atom stereocenters. The fourth-order valence-electron chi connectivity index (χ4n) is 2.77. The van der Waals surface area contributed by atoms with Crippen LogP contribution in [0, 0.1) is 5.92 Å².